The summed E-state index contributed by atoms with van der Waals surface area (Å²) >= 11 is 5.75. The third kappa shape index (κ3) is 0.724. The van der Waals surface area contributed by atoms with Crippen molar-refractivity contribution >= 4 is 29.3 Å². The number of hydrogen-bond donors (Lipinski definition) is 1. The van der Waals surface area contributed by atoms with Crippen LogP contribution in [0.2, 0.25) is 0 Å². The van der Waals surface area contributed by atoms with Gasteiger partial charge in [-0.25, -0.2) is 9.98 Å². The molecular formula is C5H5ClN4. The van der Waals surface area contributed by atoms with Crippen molar-refractivity contribution in [1.29, 1.82) is 0 Å². The summed E-state index contributed by atoms with van der Waals surface area (Å²) < 4.78 is 0. The van der Waals surface area contributed by atoms with Crippen LogP contribution in [0.25, 0.3) is 0 Å². The number of nitrogens with one attached hydrogen (secondary N) is 1. The van der Waals surface area contributed by atoms with Gasteiger partial charge in [-0.05, 0) is 0 Å². The van der Waals surface area contributed by atoms with E-state index in [2.05, 4.69) is 20.5 Å². The zero-order valence-corrected chi connectivity index (χ0v) is 5.78. The number of fused-ring (bicyclic) bond motifs is 1. The summed E-state index contributed by atoms with van der Waals surface area (Å²) in [6.07, 6.45) is 3.14. The Bertz CT molecular complexity index is 232. The Labute approximate surface area is 62.7 Å². The van der Waals surface area contributed by atoms with Gasteiger partial charge in [-0.2, -0.15) is 5.10 Å². The van der Waals surface area contributed by atoms with Crippen LogP contribution in [-0.2, 0) is 0 Å². The summed E-state index contributed by atoms with van der Waals surface area (Å²) in [5.41, 5.74) is 2.80. The monoisotopic (exact) mass is 156 g/mol. The average molecular weight is 157 g/mol. The molecule has 4 nitrogen and oxygen atoms in total. The molecule has 2 unspecified atom stereocenters. The van der Waals surface area contributed by atoms with Crippen LogP contribution in [0.1, 0.15) is 0 Å². The molecule has 0 saturated heterocycles. The van der Waals surface area contributed by atoms with Crippen molar-refractivity contribution in [3.8, 4) is 0 Å². The van der Waals surface area contributed by atoms with Gasteiger partial charge in [-0.15, -0.1) is 0 Å². The summed E-state index contributed by atoms with van der Waals surface area (Å²) in [6, 6.07) is 0. The highest BCUT2D eigenvalue weighted by Crippen LogP contribution is 2.15. The van der Waals surface area contributed by atoms with Crippen molar-refractivity contribution in [2.45, 2.75) is 6.17 Å². The topological polar surface area (TPSA) is 49.1 Å². The lowest BCUT2D eigenvalue weighted by atomic mass is 10.1. The molecule has 1 N–H and O–H groups in total. The summed E-state index contributed by atoms with van der Waals surface area (Å²) in [7, 11) is 0. The molecule has 0 aromatic rings. The molecule has 2 rings (SSSR count). The quantitative estimate of drug-likeness (QED) is 0.535. The fourth-order valence-corrected chi connectivity index (χ4v) is 1.15. The van der Waals surface area contributed by atoms with E-state index in [0.29, 0.717) is 5.17 Å². The normalized spacial score (nSPS) is 35.1. The highest BCUT2D eigenvalue weighted by atomic mass is 35.5. The van der Waals surface area contributed by atoms with Gasteiger partial charge in [0.05, 0.1) is 5.92 Å². The molecule has 0 aliphatic carbocycles. The minimum absolute atomic E-state index is 0.0231. The van der Waals surface area contributed by atoms with Crippen LogP contribution in [0.4, 0.5) is 0 Å². The standard InChI is InChI=1S/C5H5ClN4/c6-4-3-1-9-10-5(3)8-2-7-4/h1-3,5,10H. The lowest BCUT2D eigenvalue weighted by molar-refractivity contribution is 0.567. The van der Waals surface area contributed by atoms with Crippen LogP contribution in [0.5, 0.6) is 0 Å². The van der Waals surface area contributed by atoms with Gasteiger partial charge < -0.3 is 0 Å². The SMILES string of the molecule is ClC1=NC=NC2NN=CC12. The lowest BCUT2D eigenvalue weighted by Crippen LogP contribution is -2.31. The van der Waals surface area contributed by atoms with Gasteiger partial charge >= 0.3 is 0 Å². The van der Waals surface area contributed by atoms with Crippen molar-refractivity contribution in [1.82, 2.24) is 5.43 Å². The van der Waals surface area contributed by atoms with Crippen molar-refractivity contribution in [3.05, 3.63) is 0 Å². The highest BCUT2D eigenvalue weighted by Gasteiger charge is 2.28. The molecule has 0 aromatic carbocycles. The molecule has 2 atom stereocenters. The van der Waals surface area contributed by atoms with Crippen molar-refractivity contribution in [3.63, 3.8) is 0 Å². The third-order valence-electron chi connectivity index (χ3n) is 1.47. The van der Waals surface area contributed by atoms with Crippen LogP contribution in [-0.4, -0.2) is 23.9 Å². The van der Waals surface area contributed by atoms with Crippen molar-refractivity contribution in [2.24, 2.45) is 21.0 Å². The first kappa shape index (κ1) is 5.85. The van der Waals surface area contributed by atoms with E-state index >= 15 is 0 Å². The van der Waals surface area contributed by atoms with Gasteiger partial charge in [0.15, 0.2) is 0 Å². The number of hydrogen-bond acceptors (Lipinski definition) is 4. The van der Waals surface area contributed by atoms with Gasteiger partial charge in [0.1, 0.15) is 17.7 Å². The molecule has 0 fully saturated rings. The Hall–Kier alpha value is -0.900. The van der Waals surface area contributed by atoms with E-state index in [1.54, 1.807) is 6.21 Å². The van der Waals surface area contributed by atoms with E-state index in [1.807, 2.05) is 0 Å². The minimum Gasteiger partial charge on any atom is -0.285 e. The summed E-state index contributed by atoms with van der Waals surface area (Å²) in [6.45, 7) is 0. The first-order valence-electron chi connectivity index (χ1n) is 2.91. The predicted molar refractivity (Wildman–Crippen MR) is 40.7 cm³/mol. The average Bonchev–Trinajstić information content (AvgIpc) is 2.36. The molecule has 52 valence electrons. The van der Waals surface area contributed by atoms with Crippen LogP contribution in [0, 0.1) is 5.92 Å². The fourth-order valence-electron chi connectivity index (χ4n) is 0.926. The second-order valence-electron chi connectivity index (χ2n) is 2.09. The zero-order chi connectivity index (χ0) is 6.97. The molecule has 10 heavy (non-hydrogen) atoms. The van der Waals surface area contributed by atoms with E-state index in [-0.39, 0.29) is 12.1 Å². The molecule has 0 bridgehead atoms. The number of aliphatic imine (C=N–C) groups is 2. The molecule has 0 spiro atoms. The fraction of sp³-hybridized carbons (Fsp3) is 0.400. The van der Waals surface area contributed by atoms with Gasteiger partial charge in [0.25, 0.3) is 0 Å². The number of halogens is 1. The first-order valence-corrected chi connectivity index (χ1v) is 3.29. The van der Waals surface area contributed by atoms with Gasteiger partial charge in [-0.1, -0.05) is 11.6 Å². The molecular weight excluding hydrogens is 152 g/mol. The van der Waals surface area contributed by atoms with Crippen LogP contribution >= 0.6 is 11.6 Å². The molecule has 5 heteroatoms. The van der Waals surface area contributed by atoms with E-state index in [0.717, 1.165) is 0 Å². The summed E-state index contributed by atoms with van der Waals surface area (Å²) in [4.78, 5) is 7.84. The van der Waals surface area contributed by atoms with Crippen molar-refractivity contribution < 1.29 is 0 Å². The number of rotatable bonds is 0. The van der Waals surface area contributed by atoms with E-state index < -0.39 is 0 Å². The maximum absolute atomic E-state index is 5.75. The molecule has 0 amide bonds. The zero-order valence-electron chi connectivity index (χ0n) is 5.03. The van der Waals surface area contributed by atoms with Crippen LogP contribution < -0.4 is 5.43 Å². The molecule has 2 aliphatic rings. The second kappa shape index (κ2) is 2.05. The Balaban J connectivity index is 2.30. The Kier molecular flexibility index (Phi) is 1.20. The second-order valence-corrected chi connectivity index (χ2v) is 2.48. The third-order valence-corrected chi connectivity index (χ3v) is 1.82. The molecule has 2 aliphatic heterocycles. The van der Waals surface area contributed by atoms with E-state index in [4.69, 9.17) is 11.6 Å². The minimum atomic E-state index is -0.0231. The van der Waals surface area contributed by atoms with Gasteiger partial charge in [0, 0.05) is 6.21 Å². The van der Waals surface area contributed by atoms with Crippen LogP contribution in [0.3, 0.4) is 0 Å². The molecule has 0 radical (unpaired) electrons. The van der Waals surface area contributed by atoms with Crippen LogP contribution in [0.15, 0.2) is 15.1 Å². The van der Waals surface area contributed by atoms with Gasteiger partial charge in [-0.3, -0.25) is 5.43 Å². The summed E-state index contributed by atoms with van der Waals surface area (Å²) in [5.74, 6) is 0.0478. The largest absolute Gasteiger partial charge is 0.285 e. The highest BCUT2D eigenvalue weighted by molar-refractivity contribution is 6.67. The smallest absolute Gasteiger partial charge is 0.150 e. The maximum atomic E-state index is 5.75. The summed E-state index contributed by atoms with van der Waals surface area (Å²) in [5, 5.41) is 4.37. The molecule has 0 saturated carbocycles. The van der Waals surface area contributed by atoms with Crippen molar-refractivity contribution in [2.75, 3.05) is 0 Å². The maximum Gasteiger partial charge on any atom is 0.150 e. The first-order chi connectivity index (χ1) is 4.88. The number of nitrogens with zero attached hydrogens (tertiary/aromatic N) is 3. The van der Waals surface area contributed by atoms with Gasteiger partial charge in [0.2, 0.25) is 0 Å². The van der Waals surface area contributed by atoms with E-state index in [9.17, 15) is 0 Å². The Morgan fingerprint density at radius 2 is 2.50 bits per heavy atom. The predicted octanol–water partition coefficient (Wildman–Crippen LogP) is 0.197. The Morgan fingerprint density at radius 3 is 3.30 bits per heavy atom. The molecule has 0 aromatic heterocycles. The number of hydrazone groups is 1. The lowest BCUT2D eigenvalue weighted by Gasteiger charge is -2.13. The Morgan fingerprint density at radius 1 is 1.60 bits per heavy atom. The molecule has 2 heterocycles. The van der Waals surface area contributed by atoms with E-state index in [1.165, 1.54) is 6.34 Å².